The zero-order chi connectivity index (χ0) is 20.4. The quantitative estimate of drug-likeness (QED) is 0.596. The van der Waals surface area contributed by atoms with Crippen molar-refractivity contribution in [1.82, 2.24) is 29.4 Å². The van der Waals surface area contributed by atoms with Gasteiger partial charge in [0.15, 0.2) is 0 Å². The number of carbonyl (C=O) groups is 1. The van der Waals surface area contributed by atoms with Crippen LogP contribution in [0.25, 0.3) is 5.78 Å². The lowest BCUT2D eigenvalue weighted by molar-refractivity contribution is 0.0715. The van der Waals surface area contributed by atoms with Crippen LogP contribution in [0.2, 0.25) is 10.0 Å². The van der Waals surface area contributed by atoms with Gasteiger partial charge in [0.1, 0.15) is 0 Å². The van der Waals surface area contributed by atoms with Crippen molar-refractivity contribution < 1.29 is 4.79 Å². The maximum Gasteiger partial charge on any atom is 0.293 e. The molecule has 9 heteroatoms. The number of benzene rings is 1. The second kappa shape index (κ2) is 8.65. The van der Waals surface area contributed by atoms with Crippen molar-refractivity contribution in [2.24, 2.45) is 0 Å². The smallest absolute Gasteiger partial charge is 0.293 e. The van der Waals surface area contributed by atoms with Crippen molar-refractivity contribution in [2.45, 2.75) is 26.3 Å². The number of likely N-dealkylation sites (tertiary alicyclic amines) is 1. The number of hydrogen-bond acceptors (Lipinski definition) is 5. The van der Waals surface area contributed by atoms with Crippen molar-refractivity contribution in [3.8, 4) is 0 Å². The highest BCUT2D eigenvalue weighted by Gasteiger charge is 2.23. The van der Waals surface area contributed by atoms with Gasteiger partial charge in [0.25, 0.3) is 11.7 Å². The summed E-state index contributed by atoms with van der Waals surface area (Å²) in [6.45, 7) is 5.86. The van der Waals surface area contributed by atoms with Crippen molar-refractivity contribution in [1.29, 1.82) is 0 Å². The fourth-order valence-corrected chi connectivity index (χ4v) is 3.84. The molecule has 1 aliphatic heterocycles. The Labute approximate surface area is 179 Å². The number of amides is 1. The lowest BCUT2D eigenvalue weighted by atomic mass is 10.2. The standard InChI is InChI=1S/C20H22Cl2N6O/c1-14-6-7-23-20-24-18(25-28(14)20)19(29)27(11-10-26-8-2-3-9-26)13-15-4-5-16(21)17(22)12-15/h4-7,12H,2-3,8-11,13H2,1H3. The Morgan fingerprint density at radius 3 is 2.69 bits per heavy atom. The van der Waals surface area contributed by atoms with E-state index in [2.05, 4.69) is 20.0 Å². The predicted octanol–water partition coefficient (Wildman–Crippen LogP) is 3.48. The van der Waals surface area contributed by atoms with Crippen LogP contribution in [0.5, 0.6) is 0 Å². The average Bonchev–Trinajstić information content (AvgIpc) is 3.37. The second-order valence-corrected chi connectivity index (χ2v) is 8.07. The lowest BCUT2D eigenvalue weighted by Gasteiger charge is -2.24. The van der Waals surface area contributed by atoms with Crippen LogP contribution in [0, 0.1) is 6.92 Å². The first-order valence-corrected chi connectivity index (χ1v) is 10.4. The summed E-state index contributed by atoms with van der Waals surface area (Å²) in [5, 5.41) is 5.35. The van der Waals surface area contributed by atoms with E-state index in [0.29, 0.717) is 28.9 Å². The molecule has 0 spiro atoms. The van der Waals surface area contributed by atoms with Crippen molar-refractivity contribution >= 4 is 34.9 Å². The second-order valence-electron chi connectivity index (χ2n) is 7.26. The van der Waals surface area contributed by atoms with Gasteiger partial charge in [-0.05, 0) is 56.6 Å². The molecule has 1 amide bonds. The first kappa shape index (κ1) is 20.1. The summed E-state index contributed by atoms with van der Waals surface area (Å²) in [4.78, 5) is 25.9. The van der Waals surface area contributed by atoms with Gasteiger partial charge >= 0.3 is 0 Å². The fraction of sp³-hybridized carbons (Fsp3) is 0.400. The van der Waals surface area contributed by atoms with E-state index in [1.165, 1.54) is 12.8 Å². The molecule has 0 unspecified atom stereocenters. The van der Waals surface area contributed by atoms with E-state index in [4.69, 9.17) is 23.2 Å². The summed E-state index contributed by atoms with van der Waals surface area (Å²) in [5.74, 6) is 0.343. The van der Waals surface area contributed by atoms with Gasteiger partial charge in [-0.1, -0.05) is 29.3 Å². The molecule has 7 nitrogen and oxygen atoms in total. The summed E-state index contributed by atoms with van der Waals surface area (Å²) in [7, 11) is 0. The van der Waals surface area contributed by atoms with Gasteiger partial charge in [0.05, 0.1) is 10.0 Å². The number of hydrogen-bond donors (Lipinski definition) is 0. The van der Waals surface area contributed by atoms with Crippen molar-refractivity contribution in [3.05, 3.63) is 57.6 Å². The monoisotopic (exact) mass is 432 g/mol. The Hall–Kier alpha value is -2.22. The van der Waals surface area contributed by atoms with Crippen molar-refractivity contribution in [2.75, 3.05) is 26.2 Å². The average molecular weight is 433 g/mol. The number of nitrogens with zero attached hydrogens (tertiary/aromatic N) is 6. The molecule has 3 heterocycles. The molecule has 0 aliphatic carbocycles. The summed E-state index contributed by atoms with van der Waals surface area (Å²) in [6, 6.07) is 7.26. The first-order valence-electron chi connectivity index (χ1n) is 9.65. The molecular formula is C20H22Cl2N6O. The zero-order valence-corrected chi connectivity index (χ0v) is 17.7. The molecule has 0 saturated carbocycles. The highest BCUT2D eigenvalue weighted by molar-refractivity contribution is 6.42. The Morgan fingerprint density at radius 2 is 1.97 bits per heavy atom. The lowest BCUT2D eigenvalue weighted by Crippen LogP contribution is -2.38. The fourth-order valence-electron chi connectivity index (χ4n) is 3.52. The van der Waals surface area contributed by atoms with Gasteiger partial charge in [-0.25, -0.2) is 9.50 Å². The van der Waals surface area contributed by atoms with Crippen LogP contribution in [0.4, 0.5) is 0 Å². The van der Waals surface area contributed by atoms with E-state index in [9.17, 15) is 4.79 Å². The molecule has 29 heavy (non-hydrogen) atoms. The van der Waals surface area contributed by atoms with Crippen LogP contribution in [-0.2, 0) is 6.54 Å². The van der Waals surface area contributed by atoms with Gasteiger partial charge in [-0.3, -0.25) is 4.79 Å². The van der Waals surface area contributed by atoms with Gasteiger partial charge in [-0.2, -0.15) is 4.98 Å². The number of rotatable bonds is 6. The summed E-state index contributed by atoms with van der Waals surface area (Å²) >= 11 is 12.2. The molecule has 0 radical (unpaired) electrons. The minimum absolute atomic E-state index is 0.147. The molecule has 1 aliphatic rings. The molecule has 4 rings (SSSR count). The highest BCUT2D eigenvalue weighted by atomic mass is 35.5. The van der Waals surface area contributed by atoms with Gasteiger partial charge in [0, 0.05) is 31.5 Å². The Bertz CT molecular complexity index is 1030. The zero-order valence-electron chi connectivity index (χ0n) is 16.2. The van der Waals surface area contributed by atoms with Gasteiger partial charge in [0.2, 0.25) is 5.82 Å². The summed E-state index contributed by atoms with van der Waals surface area (Å²) in [6.07, 6.45) is 4.08. The summed E-state index contributed by atoms with van der Waals surface area (Å²) < 4.78 is 1.59. The highest BCUT2D eigenvalue weighted by Crippen LogP contribution is 2.23. The molecule has 1 saturated heterocycles. The van der Waals surface area contributed by atoms with E-state index >= 15 is 0 Å². The third-order valence-corrected chi connectivity index (χ3v) is 5.89. The van der Waals surface area contributed by atoms with Crippen LogP contribution < -0.4 is 0 Å². The number of fused-ring (bicyclic) bond motifs is 1. The third-order valence-electron chi connectivity index (χ3n) is 5.15. The minimum Gasteiger partial charge on any atom is -0.330 e. The molecule has 0 N–H and O–H groups in total. The van der Waals surface area contributed by atoms with Crippen LogP contribution in [0.1, 0.15) is 34.7 Å². The van der Waals surface area contributed by atoms with E-state index in [0.717, 1.165) is 30.9 Å². The van der Waals surface area contributed by atoms with E-state index in [-0.39, 0.29) is 11.7 Å². The largest absolute Gasteiger partial charge is 0.330 e. The topological polar surface area (TPSA) is 66.6 Å². The van der Waals surface area contributed by atoms with E-state index < -0.39 is 0 Å². The van der Waals surface area contributed by atoms with Gasteiger partial charge < -0.3 is 9.80 Å². The Morgan fingerprint density at radius 1 is 1.17 bits per heavy atom. The first-order chi connectivity index (χ1) is 14.0. The maximum atomic E-state index is 13.3. The Kier molecular flexibility index (Phi) is 5.99. The van der Waals surface area contributed by atoms with Crippen LogP contribution >= 0.6 is 23.2 Å². The molecule has 1 fully saturated rings. The molecule has 3 aromatic rings. The predicted molar refractivity (Wildman–Crippen MR) is 112 cm³/mol. The number of aromatic nitrogens is 4. The molecule has 0 bridgehead atoms. The molecule has 0 atom stereocenters. The van der Waals surface area contributed by atoms with Crippen LogP contribution in [0.3, 0.4) is 0 Å². The third kappa shape index (κ3) is 4.52. The maximum absolute atomic E-state index is 13.3. The van der Waals surface area contributed by atoms with Crippen LogP contribution in [0.15, 0.2) is 30.5 Å². The SMILES string of the molecule is Cc1ccnc2nc(C(=O)N(CCN3CCCC3)Cc3ccc(Cl)c(Cl)c3)nn12. The Balaban J connectivity index is 1.58. The van der Waals surface area contributed by atoms with Crippen LogP contribution in [-0.4, -0.2) is 61.5 Å². The molecule has 2 aromatic heterocycles. The van der Waals surface area contributed by atoms with E-state index in [1.54, 1.807) is 27.7 Å². The van der Waals surface area contributed by atoms with E-state index in [1.807, 2.05) is 19.1 Å². The molecular weight excluding hydrogens is 411 g/mol. The minimum atomic E-state index is -0.222. The molecule has 152 valence electrons. The number of carbonyl (C=O) groups excluding carboxylic acids is 1. The number of aryl methyl sites for hydroxylation is 1. The molecule has 1 aromatic carbocycles. The normalized spacial score (nSPS) is 14.6. The number of halogens is 2. The van der Waals surface area contributed by atoms with Crippen molar-refractivity contribution in [3.63, 3.8) is 0 Å². The van der Waals surface area contributed by atoms with Gasteiger partial charge in [-0.15, -0.1) is 5.10 Å². The summed E-state index contributed by atoms with van der Waals surface area (Å²) in [5.41, 5.74) is 1.78.